The standard InChI is InChI=1S/C31H58N2O3.C7H16O.C2H6/c1-12-34-20-18-30(8,9)33(31(10,11)19-22-36-26(4)5)24-28-16-14-13-15-27(28)23-32-29(6,7)17-21-35-25(2)3;1-4-8-6-5-7(2)3;1-2/h13-16,25-26,32H,12,17-24H2,1-11H3;7H,4-6H2,1-3H3;1-2H3. The third kappa shape index (κ3) is 23.3. The van der Waals surface area contributed by atoms with Gasteiger partial charge >= 0.3 is 0 Å². The first-order valence-electron chi connectivity index (χ1n) is 18.5. The van der Waals surface area contributed by atoms with Crippen molar-refractivity contribution in [3.63, 3.8) is 0 Å². The normalized spacial score (nSPS) is 12.4. The van der Waals surface area contributed by atoms with E-state index in [2.05, 4.69) is 124 Å². The zero-order chi connectivity index (χ0) is 35.8. The lowest BCUT2D eigenvalue weighted by molar-refractivity contribution is -0.0351. The highest BCUT2D eigenvalue weighted by molar-refractivity contribution is 5.28. The largest absolute Gasteiger partial charge is 0.382 e. The molecule has 0 aliphatic heterocycles. The molecule has 6 nitrogen and oxygen atoms in total. The van der Waals surface area contributed by atoms with Gasteiger partial charge in [0.05, 0.1) is 12.2 Å². The molecule has 0 bridgehead atoms. The highest BCUT2D eigenvalue weighted by Gasteiger charge is 2.37. The monoisotopic (exact) mass is 653 g/mol. The van der Waals surface area contributed by atoms with Crippen LogP contribution in [0.25, 0.3) is 0 Å². The first-order chi connectivity index (χ1) is 21.5. The molecule has 1 aromatic rings. The summed E-state index contributed by atoms with van der Waals surface area (Å²) in [4.78, 5) is 2.67. The van der Waals surface area contributed by atoms with E-state index < -0.39 is 0 Å². The highest BCUT2D eigenvalue weighted by atomic mass is 16.5. The van der Waals surface area contributed by atoms with E-state index >= 15 is 0 Å². The molecule has 0 amide bonds. The molecule has 6 heteroatoms. The van der Waals surface area contributed by atoms with Gasteiger partial charge in [0, 0.05) is 69.3 Å². The Morgan fingerprint density at radius 2 is 1.11 bits per heavy atom. The van der Waals surface area contributed by atoms with E-state index in [-0.39, 0.29) is 28.8 Å². The molecule has 1 N–H and O–H groups in total. The van der Waals surface area contributed by atoms with E-state index in [9.17, 15) is 0 Å². The minimum Gasteiger partial charge on any atom is -0.382 e. The van der Waals surface area contributed by atoms with Gasteiger partial charge in [0.2, 0.25) is 0 Å². The summed E-state index contributed by atoms with van der Waals surface area (Å²) in [6.07, 6.45) is 4.65. The number of ether oxygens (including phenoxy) is 4. The lowest BCUT2D eigenvalue weighted by Gasteiger charge is -2.49. The van der Waals surface area contributed by atoms with Gasteiger partial charge in [0.15, 0.2) is 0 Å². The highest BCUT2D eigenvalue weighted by Crippen LogP contribution is 2.33. The molecular weight excluding hydrogens is 572 g/mol. The molecule has 0 fully saturated rings. The smallest absolute Gasteiger partial charge is 0.0518 e. The van der Waals surface area contributed by atoms with Crippen molar-refractivity contribution in [2.24, 2.45) is 5.92 Å². The van der Waals surface area contributed by atoms with Gasteiger partial charge in [-0.1, -0.05) is 52.0 Å². The van der Waals surface area contributed by atoms with Gasteiger partial charge in [-0.25, -0.2) is 0 Å². The Kier molecular flexibility index (Phi) is 26.5. The Morgan fingerprint density at radius 1 is 0.652 bits per heavy atom. The minimum atomic E-state index is -0.0292. The van der Waals surface area contributed by atoms with Gasteiger partial charge in [-0.15, -0.1) is 0 Å². The second kappa shape index (κ2) is 25.9. The van der Waals surface area contributed by atoms with Crippen LogP contribution < -0.4 is 5.32 Å². The molecule has 0 aromatic heterocycles. The molecule has 0 radical (unpaired) electrons. The van der Waals surface area contributed by atoms with Gasteiger partial charge in [0.25, 0.3) is 0 Å². The van der Waals surface area contributed by atoms with Crippen LogP contribution in [0.5, 0.6) is 0 Å². The van der Waals surface area contributed by atoms with Crippen molar-refractivity contribution in [3.05, 3.63) is 35.4 Å². The zero-order valence-corrected chi connectivity index (χ0v) is 33.6. The average Bonchev–Trinajstić information content (AvgIpc) is 2.96. The summed E-state index contributed by atoms with van der Waals surface area (Å²) < 4.78 is 22.7. The molecule has 46 heavy (non-hydrogen) atoms. The van der Waals surface area contributed by atoms with Crippen molar-refractivity contribution in [2.75, 3.05) is 39.6 Å². The predicted molar refractivity (Wildman–Crippen MR) is 201 cm³/mol. The molecule has 0 aliphatic carbocycles. The van der Waals surface area contributed by atoms with E-state index in [1.165, 1.54) is 17.5 Å². The van der Waals surface area contributed by atoms with Gasteiger partial charge in [-0.2, -0.15) is 0 Å². The van der Waals surface area contributed by atoms with Gasteiger partial charge < -0.3 is 24.3 Å². The van der Waals surface area contributed by atoms with Crippen LogP contribution in [0.2, 0.25) is 0 Å². The van der Waals surface area contributed by atoms with E-state index in [1.54, 1.807) is 0 Å². The summed E-state index contributed by atoms with van der Waals surface area (Å²) in [5.74, 6) is 0.779. The minimum absolute atomic E-state index is 0.00586. The third-order valence-electron chi connectivity index (χ3n) is 8.11. The molecule has 0 spiro atoms. The summed E-state index contributed by atoms with van der Waals surface area (Å²) in [7, 11) is 0. The fourth-order valence-electron chi connectivity index (χ4n) is 5.02. The van der Waals surface area contributed by atoms with E-state index in [4.69, 9.17) is 18.9 Å². The number of rotatable bonds is 23. The van der Waals surface area contributed by atoms with Gasteiger partial charge in [-0.05, 0) is 126 Å². The van der Waals surface area contributed by atoms with Crippen LogP contribution >= 0.6 is 0 Å². The van der Waals surface area contributed by atoms with Crippen molar-refractivity contribution in [2.45, 2.75) is 178 Å². The van der Waals surface area contributed by atoms with Crippen molar-refractivity contribution in [1.29, 1.82) is 0 Å². The van der Waals surface area contributed by atoms with E-state index in [1.807, 2.05) is 20.8 Å². The molecule has 0 unspecified atom stereocenters. The maximum Gasteiger partial charge on any atom is 0.0518 e. The Bertz CT molecular complexity index is 836. The Hall–Kier alpha value is -1.02. The molecule has 0 aliphatic rings. The van der Waals surface area contributed by atoms with Crippen LogP contribution in [0.4, 0.5) is 0 Å². The molecule has 1 aromatic carbocycles. The van der Waals surface area contributed by atoms with E-state index in [0.717, 1.165) is 77.9 Å². The Labute approximate surface area is 288 Å². The van der Waals surface area contributed by atoms with Crippen molar-refractivity contribution in [1.82, 2.24) is 10.2 Å². The predicted octanol–water partition coefficient (Wildman–Crippen LogP) is 10.1. The zero-order valence-electron chi connectivity index (χ0n) is 33.6. The van der Waals surface area contributed by atoms with Crippen LogP contribution in [0.3, 0.4) is 0 Å². The first-order valence-corrected chi connectivity index (χ1v) is 18.5. The number of nitrogens with zero attached hydrogens (tertiary/aromatic N) is 1. The van der Waals surface area contributed by atoms with Crippen molar-refractivity contribution in [3.8, 4) is 0 Å². The maximum absolute atomic E-state index is 5.96. The van der Waals surface area contributed by atoms with Gasteiger partial charge in [0.1, 0.15) is 0 Å². The molecule has 0 saturated carbocycles. The summed E-state index contributed by atoms with van der Waals surface area (Å²) >= 11 is 0. The summed E-state index contributed by atoms with van der Waals surface area (Å²) in [5.41, 5.74) is 2.69. The van der Waals surface area contributed by atoms with Gasteiger partial charge in [-0.3, -0.25) is 4.90 Å². The summed E-state index contributed by atoms with van der Waals surface area (Å²) in [6, 6.07) is 8.88. The topological polar surface area (TPSA) is 52.2 Å². The SMILES string of the molecule is CC.CCOCCC(C)(C)N(Cc1ccccc1CNC(C)(C)CCOC(C)C)C(C)(C)CCOC(C)C.CCOCCC(C)C. The lowest BCUT2D eigenvalue weighted by atomic mass is 9.87. The molecule has 1 rings (SSSR count). The molecule has 0 saturated heterocycles. The quantitative estimate of drug-likeness (QED) is 0.119. The second-order valence-electron chi connectivity index (χ2n) is 14.9. The van der Waals surface area contributed by atoms with Crippen molar-refractivity contribution < 1.29 is 18.9 Å². The van der Waals surface area contributed by atoms with Crippen LogP contribution in [-0.2, 0) is 32.0 Å². The fourth-order valence-corrected chi connectivity index (χ4v) is 5.02. The number of nitrogens with one attached hydrogen (secondary N) is 1. The number of hydrogen-bond donors (Lipinski definition) is 1. The molecular formula is C40H80N2O4. The average molecular weight is 653 g/mol. The number of benzene rings is 1. The van der Waals surface area contributed by atoms with Crippen LogP contribution in [0, 0.1) is 5.92 Å². The second-order valence-corrected chi connectivity index (χ2v) is 14.9. The van der Waals surface area contributed by atoms with Crippen LogP contribution in [0.1, 0.15) is 148 Å². The third-order valence-corrected chi connectivity index (χ3v) is 8.11. The lowest BCUT2D eigenvalue weighted by Crippen LogP contribution is -2.56. The first kappa shape index (κ1) is 47.1. The van der Waals surface area contributed by atoms with Crippen LogP contribution in [0.15, 0.2) is 24.3 Å². The Balaban J connectivity index is 0. The summed E-state index contributed by atoms with van der Waals surface area (Å²) in [6.45, 7) is 41.4. The van der Waals surface area contributed by atoms with Crippen molar-refractivity contribution >= 4 is 0 Å². The van der Waals surface area contributed by atoms with E-state index in [0.29, 0.717) is 0 Å². The number of hydrogen-bond acceptors (Lipinski definition) is 6. The van der Waals surface area contributed by atoms with Crippen LogP contribution in [-0.4, -0.2) is 73.4 Å². The molecule has 0 atom stereocenters. The maximum atomic E-state index is 5.96. The molecule has 0 heterocycles. The molecule has 274 valence electrons. The summed E-state index contributed by atoms with van der Waals surface area (Å²) in [5, 5.41) is 3.79. The fraction of sp³-hybridized carbons (Fsp3) is 0.850. The Morgan fingerprint density at radius 3 is 1.59 bits per heavy atom.